The molecule has 1 aliphatic heterocycles. The maximum atomic E-state index is 11.9. The van der Waals surface area contributed by atoms with E-state index in [2.05, 4.69) is 5.32 Å². The number of rotatable bonds is 6. The number of benzene rings is 2. The van der Waals surface area contributed by atoms with E-state index in [1.54, 1.807) is 13.1 Å². The number of methoxy groups -OCH3 is 1. The van der Waals surface area contributed by atoms with Crippen molar-refractivity contribution in [2.24, 2.45) is 0 Å². The molecular formula is C23H29NO7. The molecule has 31 heavy (non-hydrogen) atoms. The third kappa shape index (κ3) is 4.64. The van der Waals surface area contributed by atoms with Gasteiger partial charge in [0.05, 0.1) is 6.61 Å². The number of amides is 1. The summed E-state index contributed by atoms with van der Waals surface area (Å²) in [6.45, 7) is 1.42. The van der Waals surface area contributed by atoms with E-state index in [1.165, 1.54) is 7.11 Å². The molecule has 0 radical (unpaired) electrons. The van der Waals surface area contributed by atoms with Gasteiger partial charge < -0.3 is 35.2 Å². The molecule has 1 unspecified atom stereocenters. The summed E-state index contributed by atoms with van der Waals surface area (Å²) in [6, 6.07) is 12.9. The van der Waals surface area contributed by atoms with Gasteiger partial charge in [-0.1, -0.05) is 30.3 Å². The normalized spacial score (nSPS) is 27.0. The van der Waals surface area contributed by atoms with Gasteiger partial charge in [-0.25, -0.2) is 0 Å². The fraction of sp³-hybridized carbons (Fsp3) is 0.435. The molecule has 0 aliphatic carbocycles. The third-order valence-electron chi connectivity index (χ3n) is 5.72. The van der Waals surface area contributed by atoms with Crippen LogP contribution in [-0.2, 0) is 9.47 Å². The zero-order valence-electron chi connectivity index (χ0n) is 17.7. The summed E-state index contributed by atoms with van der Waals surface area (Å²) in [5.74, 6) is -0.168. The third-order valence-corrected chi connectivity index (χ3v) is 5.72. The van der Waals surface area contributed by atoms with Gasteiger partial charge >= 0.3 is 0 Å². The van der Waals surface area contributed by atoms with Crippen molar-refractivity contribution < 1.29 is 34.7 Å². The molecule has 1 aliphatic rings. The highest BCUT2D eigenvalue weighted by atomic mass is 16.6. The van der Waals surface area contributed by atoms with Crippen LogP contribution in [-0.4, -0.2) is 77.6 Å². The van der Waals surface area contributed by atoms with E-state index in [0.717, 1.165) is 16.7 Å². The van der Waals surface area contributed by atoms with Crippen LogP contribution in [0.3, 0.4) is 0 Å². The Bertz CT molecular complexity index is 917. The minimum atomic E-state index is -1.47. The predicted molar refractivity (Wildman–Crippen MR) is 114 cm³/mol. The minimum absolute atomic E-state index is 0.168. The monoisotopic (exact) mass is 431 g/mol. The molecule has 0 aromatic heterocycles. The fourth-order valence-electron chi connectivity index (χ4n) is 4.00. The van der Waals surface area contributed by atoms with Crippen LogP contribution in [0.15, 0.2) is 42.5 Å². The highest BCUT2D eigenvalue weighted by Crippen LogP contribution is 2.34. The smallest absolute Gasteiger partial charge is 0.251 e. The zero-order valence-corrected chi connectivity index (χ0v) is 17.7. The summed E-state index contributed by atoms with van der Waals surface area (Å²) in [5.41, 5.74) is 3.98. The molecular weight excluding hydrogens is 402 g/mol. The first kappa shape index (κ1) is 23.3. The molecule has 0 saturated carbocycles. The van der Waals surface area contributed by atoms with Crippen LogP contribution in [0.5, 0.6) is 0 Å². The van der Waals surface area contributed by atoms with Crippen LogP contribution in [0.2, 0.25) is 0 Å². The molecule has 1 amide bonds. The summed E-state index contributed by atoms with van der Waals surface area (Å²) in [5, 5.41) is 42.7. The number of aryl methyl sites for hydroxylation is 1. The summed E-state index contributed by atoms with van der Waals surface area (Å²) in [6.07, 6.45) is -7.02. The Kier molecular flexibility index (Phi) is 7.42. The van der Waals surface area contributed by atoms with E-state index in [9.17, 15) is 25.2 Å². The largest absolute Gasteiger partial charge is 0.394 e. The van der Waals surface area contributed by atoms with Gasteiger partial charge in [-0.05, 0) is 41.3 Å². The summed E-state index contributed by atoms with van der Waals surface area (Å²) < 4.78 is 11.2. The van der Waals surface area contributed by atoms with Gasteiger partial charge in [0.2, 0.25) is 0 Å². The van der Waals surface area contributed by atoms with Crippen molar-refractivity contribution in [2.75, 3.05) is 20.8 Å². The number of aliphatic hydroxyl groups is 4. The van der Waals surface area contributed by atoms with E-state index < -0.39 is 43.2 Å². The minimum Gasteiger partial charge on any atom is -0.394 e. The van der Waals surface area contributed by atoms with Crippen molar-refractivity contribution in [3.63, 3.8) is 0 Å². The lowest BCUT2D eigenvalue weighted by Crippen LogP contribution is -2.60. The Hall–Kier alpha value is -2.33. The number of hydrogen-bond donors (Lipinski definition) is 5. The molecule has 0 spiro atoms. The predicted octanol–water partition coefficient (Wildman–Crippen LogP) is 0.552. The van der Waals surface area contributed by atoms with E-state index in [-0.39, 0.29) is 5.91 Å². The topological polar surface area (TPSA) is 128 Å². The lowest BCUT2D eigenvalue weighted by molar-refractivity contribution is -0.252. The second kappa shape index (κ2) is 9.86. The lowest BCUT2D eigenvalue weighted by Gasteiger charge is -2.42. The first-order valence-electron chi connectivity index (χ1n) is 10.1. The fourth-order valence-corrected chi connectivity index (χ4v) is 4.00. The standard InChI is InChI=1S/C23H29NO7/c1-12-9-14(7-8-16(12)13-5-4-6-15(10-13)23(29)24-2)21(30-3)22-20(28)19(27)18(26)17(11-25)31-22/h4-10,17-22,25-28H,11H2,1-3H3,(H,24,29)/t17-,18-,19+,20+,21?,22+/m1/s1. The average molecular weight is 431 g/mol. The Morgan fingerprint density at radius 1 is 1.13 bits per heavy atom. The molecule has 6 atom stereocenters. The highest BCUT2D eigenvalue weighted by Gasteiger charge is 2.46. The van der Waals surface area contributed by atoms with Gasteiger partial charge in [-0.15, -0.1) is 0 Å². The second-order valence-corrected chi connectivity index (χ2v) is 7.68. The van der Waals surface area contributed by atoms with Gasteiger partial charge in [0, 0.05) is 19.7 Å². The van der Waals surface area contributed by atoms with Crippen molar-refractivity contribution in [3.8, 4) is 11.1 Å². The highest BCUT2D eigenvalue weighted by molar-refractivity contribution is 5.95. The number of hydrogen-bond acceptors (Lipinski definition) is 7. The molecule has 1 fully saturated rings. The summed E-state index contributed by atoms with van der Waals surface area (Å²) >= 11 is 0. The van der Waals surface area contributed by atoms with E-state index in [0.29, 0.717) is 11.1 Å². The van der Waals surface area contributed by atoms with Crippen LogP contribution in [0, 0.1) is 6.92 Å². The van der Waals surface area contributed by atoms with Crippen molar-refractivity contribution >= 4 is 5.91 Å². The summed E-state index contributed by atoms with van der Waals surface area (Å²) in [7, 11) is 3.04. The first-order valence-corrected chi connectivity index (χ1v) is 10.1. The van der Waals surface area contributed by atoms with E-state index in [4.69, 9.17) is 9.47 Å². The molecule has 3 rings (SSSR count). The maximum absolute atomic E-state index is 11.9. The number of nitrogens with one attached hydrogen (secondary N) is 1. The van der Waals surface area contributed by atoms with Crippen LogP contribution < -0.4 is 5.32 Å². The van der Waals surface area contributed by atoms with Gasteiger partial charge in [-0.2, -0.15) is 0 Å². The van der Waals surface area contributed by atoms with Crippen LogP contribution in [0.25, 0.3) is 11.1 Å². The van der Waals surface area contributed by atoms with E-state index >= 15 is 0 Å². The zero-order chi connectivity index (χ0) is 22.7. The van der Waals surface area contributed by atoms with Gasteiger partial charge in [0.15, 0.2) is 0 Å². The molecule has 168 valence electrons. The molecule has 1 saturated heterocycles. The lowest BCUT2D eigenvalue weighted by atomic mass is 9.88. The molecule has 2 aromatic carbocycles. The number of ether oxygens (including phenoxy) is 2. The average Bonchev–Trinajstić information content (AvgIpc) is 2.79. The first-order chi connectivity index (χ1) is 14.8. The molecule has 5 N–H and O–H groups in total. The molecule has 0 bridgehead atoms. The van der Waals surface area contributed by atoms with Crippen molar-refractivity contribution in [1.29, 1.82) is 0 Å². The Morgan fingerprint density at radius 2 is 1.87 bits per heavy atom. The summed E-state index contributed by atoms with van der Waals surface area (Å²) in [4.78, 5) is 11.9. The van der Waals surface area contributed by atoms with Crippen molar-refractivity contribution in [1.82, 2.24) is 5.32 Å². The van der Waals surface area contributed by atoms with Crippen molar-refractivity contribution in [2.45, 2.75) is 43.5 Å². The quantitative estimate of drug-likeness (QED) is 0.452. The second-order valence-electron chi connectivity index (χ2n) is 7.68. The van der Waals surface area contributed by atoms with Crippen LogP contribution in [0.4, 0.5) is 0 Å². The Morgan fingerprint density at radius 3 is 2.48 bits per heavy atom. The number of aliphatic hydroxyl groups excluding tert-OH is 4. The Balaban J connectivity index is 1.91. The maximum Gasteiger partial charge on any atom is 0.251 e. The molecule has 8 nitrogen and oxygen atoms in total. The number of carbonyl (C=O) groups excluding carboxylic acids is 1. The van der Waals surface area contributed by atoms with Gasteiger partial charge in [0.1, 0.15) is 36.6 Å². The van der Waals surface area contributed by atoms with Crippen LogP contribution >= 0.6 is 0 Å². The van der Waals surface area contributed by atoms with Gasteiger partial charge in [-0.3, -0.25) is 4.79 Å². The molecule has 2 aromatic rings. The number of carbonyl (C=O) groups is 1. The SMILES string of the molecule is CNC(=O)c1cccc(-c2ccc(C(OC)[C@H]3O[C@H](CO)[C@@H](O)[C@H](O)[C@@H]3O)cc2C)c1. The van der Waals surface area contributed by atoms with Crippen LogP contribution in [0.1, 0.15) is 27.6 Å². The molecule has 8 heteroatoms. The van der Waals surface area contributed by atoms with E-state index in [1.807, 2.05) is 43.3 Å². The Labute approximate surface area is 181 Å². The molecule has 1 heterocycles. The van der Waals surface area contributed by atoms with Crippen molar-refractivity contribution in [3.05, 3.63) is 59.2 Å². The van der Waals surface area contributed by atoms with Gasteiger partial charge in [0.25, 0.3) is 5.91 Å².